The Morgan fingerprint density at radius 3 is 2.17 bits per heavy atom. The van der Waals surface area contributed by atoms with Gasteiger partial charge in [-0.25, -0.2) is 0 Å². The highest BCUT2D eigenvalue weighted by atomic mass is 16.8. The van der Waals surface area contributed by atoms with Crippen molar-refractivity contribution in [3.63, 3.8) is 0 Å². The molecule has 0 bridgehead atoms. The van der Waals surface area contributed by atoms with Crippen molar-refractivity contribution in [1.82, 2.24) is 25.7 Å². The maximum Gasteiger partial charge on any atom is 0.295 e. The molecule has 10 unspecified atom stereocenters. The van der Waals surface area contributed by atoms with Gasteiger partial charge in [0.25, 0.3) is 12.4 Å². The molecule has 17 nitrogen and oxygen atoms in total. The lowest BCUT2D eigenvalue weighted by atomic mass is 9.97. The van der Waals surface area contributed by atoms with E-state index in [-0.39, 0.29) is 13.0 Å². The van der Waals surface area contributed by atoms with E-state index < -0.39 is 67.5 Å². The highest BCUT2D eigenvalue weighted by Gasteiger charge is 2.53. The molecule has 0 saturated carbocycles. The number of carbonyl (C=O) groups is 2. The molecule has 4 rings (SSSR count). The molecule has 0 aliphatic carbocycles. The maximum absolute atomic E-state index is 13.2. The van der Waals surface area contributed by atoms with Gasteiger partial charge in [0.15, 0.2) is 25.0 Å². The van der Waals surface area contributed by atoms with Crippen LogP contribution in [0.25, 0.3) is 11.4 Å². The number of carbonyl (C=O) groups excluding carboxylic acids is 2. The van der Waals surface area contributed by atoms with E-state index >= 15 is 0 Å². The van der Waals surface area contributed by atoms with Gasteiger partial charge in [-0.1, -0.05) is 24.3 Å². The van der Waals surface area contributed by atoms with Crippen LogP contribution in [-0.4, -0.2) is 129 Å². The zero-order valence-corrected chi connectivity index (χ0v) is 21.3. The fourth-order valence-electron chi connectivity index (χ4n) is 4.26. The number of rotatable bonds is 10. The predicted octanol–water partition coefficient (Wildman–Crippen LogP) is -3.38. The molecular weight excluding hydrogens is 538 g/mol. The zero-order chi connectivity index (χ0) is 28.8. The summed E-state index contributed by atoms with van der Waals surface area (Å²) in [5.41, 5.74) is 1.33. The second-order valence-corrected chi connectivity index (χ2v) is 8.81. The lowest BCUT2D eigenvalue weighted by molar-refractivity contribution is -0.373. The van der Waals surface area contributed by atoms with Crippen LogP contribution in [0.15, 0.2) is 30.6 Å². The monoisotopic (exact) mass is 567 g/mol. The molecule has 1 aromatic heterocycles. The topological polar surface area (TPSA) is 234 Å². The van der Waals surface area contributed by atoms with Crippen molar-refractivity contribution < 1.29 is 58.4 Å². The van der Waals surface area contributed by atoms with E-state index in [1.54, 1.807) is 24.3 Å². The van der Waals surface area contributed by atoms with Crippen LogP contribution in [0.3, 0.4) is 0 Å². The lowest BCUT2D eigenvalue weighted by Crippen LogP contribution is -2.66. The number of aromatic nitrogens is 4. The minimum Gasteiger partial charge on any atom is -0.435 e. The van der Waals surface area contributed by atoms with Gasteiger partial charge >= 0.3 is 0 Å². The summed E-state index contributed by atoms with van der Waals surface area (Å²) in [5.74, 6) is -0.440. The molecule has 2 saturated heterocycles. The summed E-state index contributed by atoms with van der Waals surface area (Å²) >= 11 is 0. The number of methoxy groups -OCH3 is 2. The fourth-order valence-corrected chi connectivity index (χ4v) is 4.26. The Morgan fingerprint density at radius 2 is 1.55 bits per heavy atom. The average molecular weight is 568 g/mol. The van der Waals surface area contributed by atoms with Gasteiger partial charge in [-0.2, -0.15) is 0 Å². The lowest BCUT2D eigenvalue weighted by Gasteiger charge is -2.45. The normalized spacial score (nSPS) is 34.1. The first-order chi connectivity index (χ1) is 19.3. The van der Waals surface area contributed by atoms with Crippen molar-refractivity contribution in [1.29, 1.82) is 0 Å². The Labute approximate surface area is 226 Å². The Kier molecular flexibility index (Phi) is 9.95. The van der Waals surface area contributed by atoms with Gasteiger partial charge in [-0.15, -0.1) is 20.4 Å². The molecule has 0 spiro atoms. The standard InChI is InChI=1S/C23H29N5O12/c1-35-17-13(31)15(33)22(40-23(17)37-9-29)38-16-12(30)14(32)21(36-2)39-18(16)20(34)24-7-10-3-5-11(6-4-10)19-27-25-8-26-28-19/h3-6,8-9,12-18,21-23,30-33H,7H2,1-2H3,(H,24,34). The first-order valence-corrected chi connectivity index (χ1v) is 12.0. The minimum absolute atomic E-state index is 0.0279. The van der Waals surface area contributed by atoms with Crippen LogP contribution in [0, 0.1) is 0 Å². The van der Waals surface area contributed by atoms with E-state index in [4.69, 9.17) is 28.4 Å². The van der Waals surface area contributed by atoms with Crippen molar-refractivity contribution in [3.8, 4) is 11.4 Å². The first-order valence-electron chi connectivity index (χ1n) is 12.0. The summed E-state index contributed by atoms with van der Waals surface area (Å²) in [5, 5.41) is 59.9. The number of ether oxygens (including phenoxy) is 6. The zero-order valence-electron chi connectivity index (χ0n) is 21.3. The molecule has 1 amide bonds. The highest BCUT2D eigenvalue weighted by molar-refractivity contribution is 5.81. The average Bonchev–Trinajstić information content (AvgIpc) is 2.98. The first kappa shape index (κ1) is 29.7. The Morgan fingerprint density at radius 1 is 0.900 bits per heavy atom. The smallest absolute Gasteiger partial charge is 0.295 e. The summed E-state index contributed by atoms with van der Waals surface area (Å²) in [6.07, 6.45) is -14.7. The number of benzene rings is 1. The van der Waals surface area contributed by atoms with E-state index in [1.165, 1.54) is 20.5 Å². The fraction of sp³-hybridized carbons (Fsp3) is 0.565. The van der Waals surface area contributed by atoms with Crippen molar-refractivity contribution in [3.05, 3.63) is 36.2 Å². The number of nitrogens with one attached hydrogen (secondary N) is 1. The number of amides is 1. The Bertz CT molecular complexity index is 1120. The van der Waals surface area contributed by atoms with Crippen LogP contribution in [0.4, 0.5) is 0 Å². The molecule has 3 heterocycles. The highest BCUT2D eigenvalue weighted by Crippen LogP contribution is 2.30. The van der Waals surface area contributed by atoms with Gasteiger partial charge in [0.1, 0.15) is 36.6 Å². The van der Waals surface area contributed by atoms with Crippen LogP contribution in [0.2, 0.25) is 0 Å². The number of hydrogen-bond donors (Lipinski definition) is 5. The van der Waals surface area contributed by atoms with Crippen molar-refractivity contribution in [2.24, 2.45) is 0 Å². The van der Waals surface area contributed by atoms with Crippen molar-refractivity contribution in [2.75, 3.05) is 14.2 Å². The third-order valence-electron chi connectivity index (χ3n) is 6.38. The van der Waals surface area contributed by atoms with Gasteiger partial charge in [-0.05, 0) is 5.56 Å². The SMILES string of the molecule is COC1OC(C(=O)NCc2ccc(-c3nncnn3)cc2)C(OC2OC(OC=O)C(OC)C(O)C2O)C(O)C1O. The minimum atomic E-state index is -1.76. The van der Waals surface area contributed by atoms with E-state index in [9.17, 15) is 30.0 Å². The second kappa shape index (κ2) is 13.4. The largest absolute Gasteiger partial charge is 0.435 e. The molecule has 5 N–H and O–H groups in total. The molecule has 17 heteroatoms. The Balaban J connectivity index is 1.47. The molecule has 2 aromatic rings. The molecule has 0 radical (unpaired) electrons. The summed E-state index contributed by atoms with van der Waals surface area (Å²) in [6, 6.07) is 6.85. The van der Waals surface area contributed by atoms with Gasteiger partial charge in [-0.3, -0.25) is 9.59 Å². The van der Waals surface area contributed by atoms with Crippen LogP contribution >= 0.6 is 0 Å². The number of aliphatic hydroxyl groups is 4. The van der Waals surface area contributed by atoms with E-state index in [2.05, 4.69) is 25.7 Å². The third-order valence-corrected chi connectivity index (χ3v) is 6.38. The predicted molar refractivity (Wildman–Crippen MR) is 126 cm³/mol. The number of aliphatic hydroxyl groups excluding tert-OH is 4. The van der Waals surface area contributed by atoms with Crippen LogP contribution < -0.4 is 5.32 Å². The van der Waals surface area contributed by atoms with Gasteiger partial charge in [0, 0.05) is 26.3 Å². The summed E-state index contributed by atoms with van der Waals surface area (Å²) in [4.78, 5) is 24.1. The molecule has 2 fully saturated rings. The molecule has 1 aromatic carbocycles. The molecule has 40 heavy (non-hydrogen) atoms. The van der Waals surface area contributed by atoms with Crippen LogP contribution in [-0.2, 0) is 44.6 Å². The van der Waals surface area contributed by atoms with E-state index in [0.29, 0.717) is 17.0 Å². The molecule has 218 valence electrons. The molecule has 2 aliphatic rings. The van der Waals surface area contributed by atoms with Crippen LogP contribution in [0.1, 0.15) is 5.56 Å². The molecule has 10 atom stereocenters. The van der Waals surface area contributed by atoms with Crippen molar-refractivity contribution in [2.45, 2.75) is 68.1 Å². The van der Waals surface area contributed by atoms with E-state index in [0.717, 1.165) is 0 Å². The summed E-state index contributed by atoms with van der Waals surface area (Å²) in [7, 11) is 2.40. The van der Waals surface area contributed by atoms with Gasteiger partial charge in [0.05, 0.1) is 0 Å². The maximum atomic E-state index is 13.2. The summed E-state index contributed by atoms with van der Waals surface area (Å²) < 4.78 is 31.5. The van der Waals surface area contributed by atoms with Gasteiger partial charge < -0.3 is 54.2 Å². The quantitative estimate of drug-likeness (QED) is 0.176. The second-order valence-electron chi connectivity index (χ2n) is 8.81. The Hall–Kier alpha value is -3.26. The van der Waals surface area contributed by atoms with Crippen molar-refractivity contribution >= 4 is 12.4 Å². The molecule has 2 aliphatic heterocycles. The van der Waals surface area contributed by atoms with Gasteiger partial charge in [0.2, 0.25) is 12.1 Å². The third kappa shape index (κ3) is 6.38. The van der Waals surface area contributed by atoms with Crippen LogP contribution in [0.5, 0.6) is 0 Å². The van der Waals surface area contributed by atoms with E-state index in [1.807, 2.05) is 0 Å². The molecular formula is C23H29N5O12. The number of hydrogen-bond acceptors (Lipinski definition) is 16. The summed E-state index contributed by atoms with van der Waals surface area (Å²) in [6.45, 7) is 0.0767. The number of nitrogens with zero attached hydrogens (tertiary/aromatic N) is 4.